The summed E-state index contributed by atoms with van der Waals surface area (Å²) in [6.45, 7) is 10.3. The number of rotatable bonds is 8. The van der Waals surface area contributed by atoms with Crippen LogP contribution in [0.1, 0.15) is 64.2 Å². The van der Waals surface area contributed by atoms with Crippen LogP contribution in [0, 0.1) is 0 Å². The Morgan fingerprint density at radius 1 is 1.10 bits per heavy atom. The molecule has 1 aromatic carbocycles. The number of benzene rings is 1. The fourth-order valence-electron chi connectivity index (χ4n) is 6.49. The predicted octanol–water partition coefficient (Wildman–Crippen LogP) is 4.95. The summed E-state index contributed by atoms with van der Waals surface area (Å²) < 4.78 is 63.5. The van der Waals surface area contributed by atoms with Gasteiger partial charge in [0, 0.05) is 24.3 Å². The second-order valence-electron chi connectivity index (χ2n) is 14.0. The molecule has 0 radical (unpaired) electrons. The van der Waals surface area contributed by atoms with Gasteiger partial charge >= 0.3 is 30.2 Å². The second-order valence-corrected chi connectivity index (χ2v) is 18.8. The first-order chi connectivity index (χ1) is 23.2. The number of nitrogens with zero attached hydrogens (tertiary/aromatic N) is 2. The zero-order chi connectivity index (χ0) is 37.0. The van der Waals surface area contributed by atoms with Gasteiger partial charge in [-0.25, -0.2) is 14.6 Å². The van der Waals surface area contributed by atoms with Crippen LogP contribution >= 0.6 is 0 Å². The molecule has 0 spiro atoms. The molecule has 0 saturated heterocycles. The molecule has 2 aliphatic rings. The Morgan fingerprint density at radius 3 is 2.42 bits per heavy atom. The highest BCUT2D eigenvalue weighted by Crippen LogP contribution is 2.42. The van der Waals surface area contributed by atoms with Gasteiger partial charge in [-0.15, -0.1) is 0 Å². The lowest BCUT2D eigenvalue weighted by atomic mass is 9.85. The zero-order valence-electron chi connectivity index (χ0n) is 28.8. The quantitative estimate of drug-likeness (QED) is 0.115. The van der Waals surface area contributed by atoms with Crippen LogP contribution in [0.5, 0.6) is 5.75 Å². The van der Waals surface area contributed by atoms with Crippen molar-refractivity contribution in [3.05, 3.63) is 51.3 Å². The third-order valence-corrected chi connectivity index (χ3v) is 12.1. The molecule has 50 heavy (non-hydrogen) atoms. The van der Waals surface area contributed by atoms with E-state index in [1.165, 1.54) is 17.6 Å². The lowest BCUT2D eigenvalue weighted by Gasteiger charge is -2.35. The van der Waals surface area contributed by atoms with Crippen molar-refractivity contribution in [3.8, 4) is 17.1 Å². The lowest BCUT2D eigenvalue weighted by Crippen LogP contribution is -2.49. The molecule has 1 N–H and O–H groups in total. The number of ether oxygens (including phenoxy) is 4. The number of aromatic nitrogens is 2. The Hall–Kier alpha value is -4.73. The van der Waals surface area contributed by atoms with E-state index in [0.717, 1.165) is 0 Å². The average Bonchev–Trinajstić information content (AvgIpc) is 3.36. The van der Waals surface area contributed by atoms with E-state index in [-0.39, 0.29) is 41.6 Å². The fourth-order valence-corrected chi connectivity index (χ4v) is 9.59. The molecule has 5 rings (SSSR count). The number of halogens is 3. The minimum Gasteiger partial charge on any atom is -0.457 e. The normalized spacial score (nSPS) is 17.0. The van der Waals surface area contributed by atoms with Gasteiger partial charge < -0.3 is 28.8 Å². The van der Waals surface area contributed by atoms with Crippen molar-refractivity contribution >= 4 is 48.2 Å². The molecule has 268 valence electrons. The number of pyridine rings is 2. The largest absolute Gasteiger partial charge is 0.457 e. The number of amides is 1. The zero-order valence-corrected chi connectivity index (χ0v) is 29.8. The van der Waals surface area contributed by atoms with Gasteiger partial charge in [-0.2, -0.15) is 13.2 Å². The number of alkyl carbamates (subject to hydrolysis) is 1. The number of carbonyl (C=O) groups excluding carboxylic acids is 4. The van der Waals surface area contributed by atoms with Gasteiger partial charge in [0.25, 0.3) is 5.56 Å². The number of fused-ring (bicyclic) bond motifs is 5. The smallest absolute Gasteiger partial charge is 0.408 e. The first-order valence-electron chi connectivity index (χ1n) is 16.0. The molecule has 2 aromatic heterocycles. The van der Waals surface area contributed by atoms with E-state index >= 15 is 0 Å². The molecule has 0 unspecified atom stereocenters. The van der Waals surface area contributed by atoms with Crippen molar-refractivity contribution in [1.82, 2.24) is 14.9 Å². The van der Waals surface area contributed by atoms with Crippen LogP contribution in [0.2, 0.25) is 19.1 Å². The van der Waals surface area contributed by atoms with Crippen molar-refractivity contribution < 1.29 is 51.3 Å². The van der Waals surface area contributed by atoms with Gasteiger partial charge in [-0.3, -0.25) is 14.4 Å². The molecule has 1 amide bonds. The van der Waals surface area contributed by atoms with Crippen molar-refractivity contribution in [2.45, 2.75) is 97.1 Å². The maximum atomic E-state index is 14.1. The minimum absolute atomic E-state index is 0.0258. The van der Waals surface area contributed by atoms with E-state index in [4.69, 9.17) is 23.9 Å². The van der Waals surface area contributed by atoms with Crippen LogP contribution in [0.4, 0.5) is 18.0 Å². The summed E-state index contributed by atoms with van der Waals surface area (Å²) in [6.07, 6.45) is -6.41. The highest BCUT2D eigenvalue weighted by molar-refractivity contribution is 6.91. The summed E-state index contributed by atoms with van der Waals surface area (Å²) in [5, 5.41) is 3.43. The summed E-state index contributed by atoms with van der Waals surface area (Å²) in [6, 6.07) is 6.09. The highest BCUT2D eigenvalue weighted by Gasteiger charge is 2.51. The molecule has 12 nitrogen and oxygen atoms in total. The van der Waals surface area contributed by atoms with Crippen molar-refractivity contribution in [2.24, 2.45) is 0 Å². The van der Waals surface area contributed by atoms with E-state index < -0.39 is 74.6 Å². The number of alkyl halides is 3. The fraction of sp³-hybridized carbons (Fsp3) is 0.471. The van der Waals surface area contributed by atoms with Crippen LogP contribution < -0.4 is 20.8 Å². The SMILES string of the molecule is CC[C@@]1(OC(=O)CNC(=O)OC(C)(C)C)C(=O)OCc2c1cc1n(c2=O)Cc2c-1nc1ccc(OC(C)=O)cc1c2[Si](C)(C)CCC(F)(F)F. The molecular weight excluding hydrogens is 679 g/mol. The summed E-state index contributed by atoms with van der Waals surface area (Å²) >= 11 is 0. The van der Waals surface area contributed by atoms with E-state index in [1.54, 1.807) is 45.9 Å². The maximum absolute atomic E-state index is 14.1. The summed E-state index contributed by atoms with van der Waals surface area (Å²) in [7, 11) is -2.97. The average molecular weight is 718 g/mol. The molecule has 0 bridgehead atoms. The van der Waals surface area contributed by atoms with Gasteiger partial charge in [-0.05, 0) is 68.3 Å². The third kappa shape index (κ3) is 7.11. The van der Waals surface area contributed by atoms with E-state index in [0.29, 0.717) is 27.3 Å². The van der Waals surface area contributed by atoms with Gasteiger partial charge in [0.2, 0.25) is 5.60 Å². The van der Waals surface area contributed by atoms with Gasteiger partial charge in [0.1, 0.15) is 24.5 Å². The Labute approximate surface area is 286 Å². The van der Waals surface area contributed by atoms with Gasteiger partial charge in [-0.1, -0.05) is 20.0 Å². The van der Waals surface area contributed by atoms with Gasteiger partial charge in [0.15, 0.2) is 0 Å². The number of carbonyl (C=O) groups is 4. The van der Waals surface area contributed by atoms with Crippen molar-refractivity contribution in [1.29, 1.82) is 0 Å². The molecule has 4 heterocycles. The highest BCUT2D eigenvalue weighted by atomic mass is 28.3. The first-order valence-corrected chi connectivity index (χ1v) is 19.2. The summed E-state index contributed by atoms with van der Waals surface area (Å²) in [4.78, 5) is 69.3. The molecule has 0 saturated carbocycles. The molecule has 0 aliphatic carbocycles. The molecule has 3 aromatic rings. The topological polar surface area (TPSA) is 152 Å². The maximum Gasteiger partial charge on any atom is 0.408 e. The molecular formula is C34H38F3N3O9Si. The van der Waals surface area contributed by atoms with E-state index in [1.807, 2.05) is 13.1 Å². The standard InChI is InChI=1S/C34H38F3N3O9Si/c1-8-33(48-26(42)15-38-31(45)49-32(3,4)5)23-14-25-27-21(16-40(25)29(43)22(23)17-46-30(33)44)28(50(6,7)12-11-34(35,36)37)20-13-19(47-18(2)41)9-10-24(20)39-27/h9-10,13-14H,8,11-12,15-17H2,1-7H3,(H,38,45)/t33-/m0/s1. The predicted molar refractivity (Wildman–Crippen MR) is 177 cm³/mol. The molecule has 16 heteroatoms. The monoisotopic (exact) mass is 717 g/mol. The number of nitrogens with one attached hydrogen (secondary N) is 1. The number of esters is 3. The van der Waals surface area contributed by atoms with Crippen LogP contribution in [-0.2, 0) is 47.3 Å². The Morgan fingerprint density at radius 2 is 1.80 bits per heavy atom. The van der Waals surface area contributed by atoms with E-state index in [2.05, 4.69) is 5.32 Å². The van der Waals surface area contributed by atoms with Gasteiger partial charge in [0.05, 0.1) is 37.1 Å². The summed E-state index contributed by atoms with van der Waals surface area (Å²) in [5.41, 5.74) is -1.70. The van der Waals surface area contributed by atoms with Crippen LogP contribution in [0.25, 0.3) is 22.3 Å². The number of cyclic esters (lactones) is 1. The second kappa shape index (κ2) is 12.9. The van der Waals surface area contributed by atoms with E-state index in [9.17, 15) is 37.1 Å². The Balaban J connectivity index is 1.65. The number of hydrogen-bond acceptors (Lipinski definition) is 10. The van der Waals surface area contributed by atoms with Crippen molar-refractivity contribution in [3.63, 3.8) is 0 Å². The lowest BCUT2D eigenvalue weighted by molar-refractivity contribution is -0.188. The Bertz CT molecular complexity index is 1980. The third-order valence-electron chi connectivity index (χ3n) is 8.66. The minimum atomic E-state index is -4.39. The van der Waals surface area contributed by atoms with Crippen LogP contribution in [0.3, 0.4) is 0 Å². The Kier molecular flexibility index (Phi) is 9.40. The number of hydrogen-bond donors (Lipinski definition) is 1. The molecule has 1 atom stereocenters. The summed E-state index contributed by atoms with van der Waals surface area (Å²) in [5.74, 6) is -2.28. The first kappa shape index (κ1) is 36.5. The van der Waals surface area contributed by atoms with Crippen molar-refractivity contribution in [2.75, 3.05) is 6.54 Å². The van der Waals surface area contributed by atoms with Crippen LogP contribution in [0.15, 0.2) is 29.1 Å². The van der Waals surface area contributed by atoms with Crippen LogP contribution in [-0.4, -0.2) is 59.9 Å². The molecule has 2 aliphatic heterocycles. The molecule has 0 fully saturated rings.